The third-order valence-corrected chi connectivity index (χ3v) is 8.53. The minimum Gasteiger partial charge on any atom is -0.378 e. The zero-order valence-electron chi connectivity index (χ0n) is 21.3. The molecule has 7 nitrogen and oxygen atoms in total. The van der Waals surface area contributed by atoms with E-state index >= 15 is 0 Å². The highest BCUT2D eigenvalue weighted by molar-refractivity contribution is 7.09. The summed E-state index contributed by atoms with van der Waals surface area (Å²) in [5, 5.41) is 3.11. The highest BCUT2D eigenvalue weighted by Gasteiger charge is 2.54. The minimum atomic E-state index is -0.768. The van der Waals surface area contributed by atoms with E-state index < -0.39 is 5.54 Å². The van der Waals surface area contributed by atoms with Crippen LogP contribution in [-0.2, 0) is 11.2 Å². The number of benzene rings is 1. The summed E-state index contributed by atoms with van der Waals surface area (Å²) >= 11 is 1.58. The molecule has 1 unspecified atom stereocenters. The molecule has 2 aliphatic heterocycles. The van der Waals surface area contributed by atoms with Crippen molar-refractivity contribution in [1.82, 2.24) is 20.1 Å². The van der Waals surface area contributed by atoms with Gasteiger partial charge in [-0.25, -0.2) is 9.78 Å². The molecule has 3 heterocycles. The van der Waals surface area contributed by atoms with Gasteiger partial charge in [0.2, 0.25) is 0 Å². The van der Waals surface area contributed by atoms with Gasteiger partial charge in [-0.3, -0.25) is 14.6 Å². The molecule has 2 saturated heterocycles. The lowest BCUT2D eigenvalue weighted by molar-refractivity contribution is -0.134. The number of aromatic nitrogens is 1. The van der Waals surface area contributed by atoms with Crippen LogP contribution in [-0.4, -0.2) is 72.5 Å². The molecule has 35 heavy (non-hydrogen) atoms. The van der Waals surface area contributed by atoms with Crippen LogP contribution in [0.25, 0.3) is 6.08 Å². The Bertz CT molecular complexity index is 1060. The second kappa shape index (κ2) is 10.9. The molecule has 0 bridgehead atoms. The Morgan fingerprint density at radius 1 is 1.20 bits per heavy atom. The number of hydrogen-bond acceptors (Lipinski definition) is 6. The molecule has 2 aromatic rings. The molecule has 2 aliphatic rings. The van der Waals surface area contributed by atoms with E-state index in [0.717, 1.165) is 43.0 Å². The quantitative estimate of drug-likeness (QED) is 0.529. The van der Waals surface area contributed by atoms with Gasteiger partial charge in [-0.2, -0.15) is 0 Å². The van der Waals surface area contributed by atoms with E-state index in [1.807, 2.05) is 33.5 Å². The van der Waals surface area contributed by atoms with Crippen LogP contribution in [0.5, 0.6) is 0 Å². The Hall–Kier alpha value is -2.71. The van der Waals surface area contributed by atoms with Gasteiger partial charge in [0, 0.05) is 44.2 Å². The molecule has 1 N–H and O–H groups in total. The van der Waals surface area contributed by atoms with Crippen LogP contribution >= 0.6 is 11.3 Å². The number of aryl methyl sites for hydroxylation is 1. The molecule has 1 aromatic carbocycles. The summed E-state index contributed by atoms with van der Waals surface area (Å²) in [5.41, 5.74) is 4.42. The number of piperidine rings is 1. The summed E-state index contributed by atoms with van der Waals surface area (Å²) in [6, 6.07) is 8.29. The molecule has 0 spiro atoms. The number of anilines is 1. The molecule has 1 aromatic heterocycles. The fourth-order valence-electron chi connectivity index (χ4n) is 5.26. The molecule has 0 aliphatic carbocycles. The van der Waals surface area contributed by atoms with Gasteiger partial charge in [0.25, 0.3) is 5.91 Å². The number of likely N-dealkylation sites (tertiary alicyclic amines) is 1. The predicted octanol–water partition coefficient (Wildman–Crippen LogP) is 4.19. The van der Waals surface area contributed by atoms with Gasteiger partial charge >= 0.3 is 6.03 Å². The number of carbonyl (C=O) groups is 2. The third kappa shape index (κ3) is 5.43. The maximum absolute atomic E-state index is 13.5. The molecule has 8 heteroatoms. The Morgan fingerprint density at radius 3 is 2.51 bits per heavy atom. The van der Waals surface area contributed by atoms with E-state index in [4.69, 9.17) is 0 Å². The van der Waals surface area contributed by atoms with Crippen molar-refractivity contribution < 1.29 is 9.59 Å². The van der Waals surface area contributed by atoms with Crippen molar-refractivity contribution in [1.29, 1.82) is 0 Å². The molecule has 4 rings (SSSR count). The normalized spacial score (nSPS) is 21.8. The SMILES string of the molecule is CCC1(C2CCN(C/C=C/c3ccc(N(C)C)cc3)CC2)NC(=O)N(CCc2scnc2C)C1=O. The van der Waals surface area contributed by atoms with E-state index in [-0.39, 0.29) is 17.9 Å². The molecule has 2 fully saturated rings. The summed E-state index contributed by atoms with van der Waals surface area (Å²) in [6.45, 7) is 7.15. The van der Waals surface area contributed by atoms with Crippen LogP contribution in [0.4, 0.5) is 10.5 Å². The van der Waals surface area contributed by atoms with Crippen molar-refractivity contribution in [2.45, 2.75) is 45.1 Å². The smallest absolute Gasteiger partial charge is 0.325 e. The van der Waals surface area contributed by atoms with E-state index in [2.05, 4.69) is 56.5 Å². The zero-order valence-corrected chi connectivity index (χ0v) is 22.1. The van der Waals surface area contributed by atoms with Crippen LogP contribution in [0.2, 0.25) is 0 Å². The van der Waals surface area contributed by atoms with E-state index in [9.17, 15) is 9.59 Å². The van der Waals surface area contributed by atoms with E-state index in [1.165, 1.54) is 16.2 Å². The second-order valence-electron chi connectivity index (χ2n) is 9.79. The molecular weight excluding hydrogens is 458 g/mol. The van der Waals surface area contributed by atoms with Gasteiger partial charge in [0.1, 0.15) is 5.54 Å². The van der Waals surface area contributed by atoms with Crippen molar-refractivity contribution in [2.75, 3.05) is 45.2 Å². The zero-order chi connectivity index (χ0) is 25.0. The number of rotatable bonds is 9. The summed E-state index contributed by atoms with van der Waals surface area (Å²) in [4.78, 5) is 37.7. The fourth-order valence-corrected chi connectivity index (χ4v) is 6.03. The molecule has 1 atom stereocenters. The third-order valence-electron chi connectivity index (χ3n) is 7.53. The van der Waals surface area contributed by atoms with Crippen LogP contribution < -0.4 is 10.2 Å². The number of nitrogens with one attached hydrogen (secondary N) is 1. The van der Waals surface area contributed by atoms with Crippen molar-refractivity contribution in [3.63, 3.8) is 0 Å². The molecule has 0 radical (unpaired) electrons. The lowest BCUT2D eigenvalue weighted by atomic mass is 9.75. The summed E-state index contributed by atoms with van der Waals surface area (Å²) in [6.07, 6.45) is 7.49. The molecule has 0 saturated carbocycles. The first-order valence-corrected chi connectivity index (χ1v) is 13.4. The average Bonchev–Trinajstić information content (AvgIpc) is 3.38. The summed E-state index contributed by atoms with van der Waals surface area (Å²) in [5.74, 6) is 0.115. The number of urea groups is 1. The average molecular weight is 496 g/mol. The summed E-state index contributed by atoms with van der Waals surface area (Å²) < 4.78 is 0. The maximum Gasteiger partial charge on any atom is 0.325 e. The Balaban J connectivity index is 1.31. The van der Waals surface area contributed by atoms with Gasteiger partial charge in [-0.1, -0.05) is 31.2 Å². The van der Waals surface area contributed by atoms with Crippen molar-refractivity contribution in [2.24, 2.45) is 5.92 Å². The first kappa shape index (κ1) is 25.4. The van der Waals surface area contributed by atoms with Gasteiger partial charge in [0.05, 0.1) is 11.2 Å². The molecule has 188 valence electrons. The Kier molecular flexibility index (Phi) is 7.91. The van der Waals surface area contributed by atoms with Crippen LogP contribution in [0, 0.1) is 12.8 Å². The number of thiazole rings is 1. The highest BCUT2D eigenvalue weighted by atomic mass is 32.1. The molecule has 3 amide bonds. The number of hydrogen-bond donors (Lipinski definition) is 1. The monoisotopic (exact) mass is 495 g/mol. The number of amides is 3. The van der Waals surface area contributed by atoms with Gasteiger partial charge in [-0.15, -0.1) is 11.3 Å². The largest absolute Gasteiger partial charge is 0.378 e. The van der Waals surface area contributed by atoms with E-state index in [1.54, 1.807) is 11.3 Å². The number of imide groups is 1. The van der Waals surface area contributed by atoms with Crippen molar-refractivity contribution in [3.8, 4) is 0 Å². The first-order chi connectivity index (χ1) is 16.8. The van der Waals surface area contributed by atoms with Crippen LogP contribution in [0.3, 0.4) is 0 Å². The van der Waals surface area contributed by atoms with Gasteiger partial charge in [0.15, 0.2) is 0 Å². The van der Waals surface area contributed by atoms with E-state index in [0.29, 0.717) is 19.4 Å². The topological polar surface area (TPSA) is 68.8 Å². The molecular formula is C27H37N5O2S. The van der Waals surface area contributed by atoms with Crippen molar-refractivity contribution >= 4 is 35.0 Å². The number of nitrogens with zero attached hydrogens (tertiary/aromatic N) is 4. The van der Waals surface area contributed by atoms with Gasteiger partial charge < -0.3 is 10.2 Å². The first-order valence-electron chi connectivity index (χ1n) is 12.5. The predicted molar refractivity (Wildman–Crippen MR) is 143 cm³/mol. The number of carbonyl (C=O) groups excluding carboxylic acids is 2. The van der Waals surface area contributed by atoms with Crippen LogP contribution in [0.1, 0.15) is 42.3 Å². The summed E-state index contributed by atoms with van der Waals surface area (Å²) in [7, 11) is 4.09. The van der Waals surface area contributed by atoms with Gasteiger partial charge in [-0.05, 0) is 62.9 Å². The maximum atomic E-state index is 13.5. The van der Waals surface area contributed by atoms with Crippen molar-refractivity contribution in [3.05, 3.63) is 52.0 Å². The lowest BCUT2D eigenvalue weighted by Gasteiger charge is -2.40. The lowest BCUT2D eigenvalue weighted by Crippen LogP contribution is -2.55. The fraction of sp³-hybridized carbons (Fsp3) is 0.519. The second-order valence-corrected chi connectivity index (χ2v) is 10.7. The Morgan fingerprint density at radius 2 is 1.91 bits per heavy atom. The van der Waals surface area contributed by atoms with Crippen LogP contribution in [0.15, 0.2) is 35.9 Å². The minimum absolute atomic E-state index is 0.0494. The standard InChI is InChI=1S/C27H37N5O2S/c1-5-27(25(33)32(26(34)29-27)18-14-24-20(2)28-19-35-24)22-12-16-31(17-13-22)15-6-7-21-8-10-23(11-9-21)30(3)4/h6-11,19,22H,5,12-18H2,1-4H3,(H,29,34)/b7-6+. The Labute approximate surface area is 212 Å². The highest BCUT2D eigenvalue weighted by Crippen LogP contribution is 2.36.